The van der Waals surface area contributed by atoms with Crippen LogP contribution in [0.3, 0.4) is 0 Å². The molecule has 1 unspecified atom stereocenters. The van der Waals surface area contributed by atoms with Crippen molar-refractivity contribution < 1.29 is 10.2 Å². The van der Waals surface area contributed by atoms with E-state index in [2.05, 4.69) is 5.32 Å². The predicted octanol–water partition coefficient (Wildman–Crippen LogP) is 1.13. The lowest BCUT2D eigenvalue weighted by atomic mass is 9.98. The van der Waals surface area contributed by atoms with Crippen LogP contribution < -0.4 is 5.32 Å². The summed E-state index contributed by atoms with van der Waals surface area (Å²) in [7, 11) is 0. The Bertz CT molecular complexity index is 295. The van der Waals surface area contributed by atoms with Gasteiger partial charge >= 0.3 is 0 Å². The zero-order valence-electron chi connectivity index (χ0n) is 6.62. The number of aromatic hydroxyl groups is 2. The van der Waals surface area contributed by atoms with Crippen molar-refractivity contribution in [2.75, 3.05) is 6.54 Å². The Balaban J connectivity index is 2.27. The van der Waals surface area contributed by atoms with Gasteiger partial charge in [0.2, 0.25) is 0 Å². The average molecular weight is 165 g/mol. The van der Waals surface area contributed by atoms with Crippen molar-refractivity contribution in [3.8, 4) is 11.5 Å². The number of phenolic OH excluding ortho intramolecular Hbond substituents is 2. The highest BCUT2D eigenvalue weighted by Gasteiger charge is 2.18. The van der Waals surface area contributed by atoms with E-state index in [9.17, 15) is 5.11 Å². The predicted molar refractivity (Wildman–Crippen MR) is 45.1 cm³/mol. The van der Waals surface area contributed by atoms with E-state index < -0.39 is 0 Å². The van der Waals surface area contributed by atoms with Crippen LogP contribution in [0.5, 0.6) is 11.5 Å². The Morgan fingerprint density at radius 2 is 2.00 bits per heavy atom. The third-order valence-corrected chi connectivity index (χ3v) is 2.23. The van der Waals surface area contributed by atoms with Gasteiger partial charge in [-0.05, 0) is 30.7 Å². The first-order valence-electron chi connectivity index (χ1n) is 4.02. The summed E-state index contributed by atoms with van der Waals surface area (Å²) in [6.07, 6.45) is 1.10. The molecule has 3 N–H and O–H groups in total. The topological polar surface area (TPSA) is 52.5 Å². The fourth-order valence-corrected chi connectivity index (χ4v) is 1.33. The number of nitrogens with one attached hydrogen (secondary N) is 1. The van der Waals surface area contributed by atoms with Crippen molar-refractivity contribution in [2.45, 2.75) is 12.5 Å². The Kier molecular flexibility index (Phi) is 1.66. The van der Waals surface area contributed by atoms with Gasteiger partial charge in [0.25, 0.3) is 0 Å². The minimum absolute atomic E-state index is 0.0406. The maximum atomic E-state index is 9.19. The summed E-state index contributed by atoms with van der Waals surface area (Å²) in [5, 5.41) is 21.5. The average Bonchev–Trinajstić information content (AvgIpc) is 1.93. The molecule has 1 aromatic rings. The van der Waals surface area contributed by atoms with Gasteiger partial charge in [-0.1, -0.05) is 6.07 Å². The summed E-state index contributed by atoms with van der Waals surface area (Å²) in [5.41, 5.74) is 1.04. The SMILES string of the molecule is Oc1ccc(C2CCN2)cc1O. The van der Waals surface area contributed by atoms with Crippen LogP contribution in [0.15, 0.2) is 18.2 Å². The molecule has 12 heavy (non-hydrogen) atoms. The van der Waals surface area contributed by atoms with Gasteiger partial charge in [0, 0.05) is 6.04 Å². The summed E-state index contributed by atoms with van der Waals surface area (Å²) in [6, 6.07) is 5.30. The van der Waals surface area contributed by atoms with Gasteiger partial charge in [-0.3, -0.25) is 0 Å². The highest BCUT2D eigenvalue weighted by molar-refractivity contribution is 5.41. The Hall–Kier alpha value is -1.22. The Labute approximate surface area is 70.7 Å². The third-order valence-electron chi connectivity index (χ3n) is 2.23. The highest BCUT2D eigenvalue weighted by Crippen LogP contribution is 2.30. The lowest BCUT2D eigenvalue weighted by molar-refractivity contribution is 0.375. The monoisotopic (exact) mass is 165 g/mol. The molecule has 0 radical (unpaired) electrons. The summed E-state index contributed by atoms with van der Waals surface area (Å²) in [4.78, 5) is 0. The first kappa shape index (κ1) is 7.43. The number of hydrogen-bond acceptors (Lipinski definition) is 3. The molecule has 1 aromatic carbocycles. The van der Waals surface area contributed by atoms with Crippen LogP contribution >= 0.6 is 0 Å². The molecule has 0 spiro atoms. The molecule has 1 saturated heterocycles. The molecule has 1 heterocycles. The summed E-state index contributed by atoms with van der Waals surface area (Å²) < 4.78 is 0. The molecule has 1 aliphatic heterocycles. The maximum Gasteiger partial charge on any atom is 0.157 e. The molecule has 0 saturated carbocycles. The van der Waals surface area contributed by atoms with Crippen LogP contribution in [0.2, 0.25) is 0 Å². The number of phenols is 2. The molecule has 0 aliphatic carbocycles. The fourth-order valence-electron chi connectivity index (χ4n) is 1.33. The summed E-state index contributed by atoms with van der Waals surface area (Å²) >= 11 is 0. The van der Waals surface area contributed by atoms with Crippen molar-refractivity contribution >= 4 is 0 Å². The first-order chi connectivity index (χ1) is 5.77. The first-order valence-corrected chi connectivity index (χ1v) is 4.02. The van der Waals surface area contributed by atoms with Crippen LogP contribution in [-0.4, -0.2) is 16.8 Å². The summed E-state index contributed by atoms with van der Waals surface area (Å²) in [6.45, 7) is 1.03. The fraction of sp³-hybridized carbons (Fsp3) is 0.333. The van der Waals surface area contributed by atoms with Crippen LogP contribution in [-0.2, 0) is 0 Å². The molecule has 3 heteroatoms. The van der Waals surface area contributed by atoms with Crippen LogP contribution in [0, 0.1) is 0 Å². The lowest BCUT2D eigenvalue weighted by Crippen LogP contribution is -2.34. The van der Waals surface area contributed by atoms with Gasteiger partial charge in [-0.2, -0.15) is 0 Å². The van der Waals surface area contributed by atoms with Gasteiger partial charge in [0.1, 0.15) is 0 Å². The van der Waals surface area contributed by atoms with E-state index in [-0.39, 0.29) is 11.5 Å². The minimum atomic E-state index is -0.0573. The second kappa shape index (κ2) is 2.68. The van der Waals surface area contributed by atoms with Gasteiger partial charge in [-0.15, -0.1) is 0 Å². The van der Waals surface area contributed by atoms with E-state index in [1.54, 1.807) is 6.07 Å². The largest absolute Gasteiger partial charge is 0.504 e. The second-order valence-corrected chi connectivity index (χ2v) is 3.04. The maximum absolute atomic E-state index is 9.19. The van der Waals surface area contributed by atoms with Gasteiger partial charge < -0.3 is 15.5 Å². The Morgan fingerprint density at radius 1 is 1.25 bits per heavy atom. The second-order valence-electron chi connectivity index (χ2n) is 3.04. The molecule has 2 rings (SSSR count). The zero-order chi connectivity index (χ0) is 8.55. The number of hydrogen-bond donors (Lipinski definition) is 3. The molecular weight excluding hydrogens is 154 g/mol. The molecule has 1 aliphatic rings. The Morgan fingerprint density at radius 3 is 2.50 bits per heavy atom. The summed E-state index contributed by atoms with van der Waals surface area (Å²) in [5.74, 6) is -0.0979. The minimum Gasteiger partial charge on any atom is -0.504 e. The molecule has 3 nitrogen and oxygen atoms in total. The van der Waals surface area contributed by atoms with Gasteiger partial charge in [0.15, 0.2) is 11.5 Å². The van der Waals surface area contributed by atoms with Crippen molar-refractivity contribution in [1.29, 1.82) is 0 Å². The van der Waals surface area contributed by atoms with Crippen molar-refractivity contribution in [1.82, 2.24) is 5.32 Å². The lowest BCUT2D eigenvalue weighted by Gasteiger charge is -2.28. The standard InChI is InChI=1S/C9H11NO2/c11-8-2-1-6(5-9(8)12)7-3-4-10-7/h1-2,5,7,10-12H,3-4H2. The van der Waals surface area contributed by atoms with Crippen LogP contribution in [0.1, 0.15) is 18.0 Å². The molecule has 1 fully saturated rings. The number of benzene rings is 1. The molecular formula is C9H11NO2. The third kappa shape index (κ3) is 1.12. The molecule has 0 bridgehead atoms. The van der Waals surface area contributed by atoms with Crippen molar-refractivity contribution in [2.24, 2.45) is 0 Å². The van der Waals surface area contributed by atoms with E-state index in [0.717, 1.165) is 18.5 Å². The van der Waals surface area contributed by atoms with Gasteiger partial charge in [0.05, 0.1) is 0 Å². The van der Waals surface area contributed by atoms with Crippen LogP contribution in [0.4, 0.5) is 0 Å². The van der Waals surface area contributed by atoms with E-state index in [4.69, 9.17) is 5.11 Å². The smallest absolute Gasteiger partial charge is 0.157 e. The van der Waals surface area contributed by atoms with Gasteiger partial charge in [-0.25, -0.2) is 0 Å². The van der Waals surface area contributed by atoms with E-state index >= 15 is 0 Å². The van der Waals surface area contributed by atoms with Crippen molar-refractivity contribution in [3.05, 3.63) is 23.8 Å². The van der Waals surface area contributed by atoms with E-state index in [1.807, 2.05) is 6.07 Å². The van der Waals surface area contributed by atoms with Crippen LogP contribution in [0.25, 0.3) is 0 Å². The van der Waals surface area contributed by atoms with E-state index in [1.165, 1.54) is 6.07 Å². The van der Waals surface area contributed by atoms with Crippen molar-refractivity contribution in [3.63, 3.8) is 0 Å². The molecule has 64 valence electrons. The van der Waals surface area contributed by atoms with E-state index in [0.29, 0.717) is 6.04 Å². The highest BCUT2D eigenvalue weighted by atomic mass is 16.3. The quantitative estimate of drug-likeness (QED) is 0.547. The number of rotatable bonds is 1. The molecule has 0 aromatic heterocycles. The molecule has 1 atom stereocenters. The normalized spacial score (nSPS) is 21.8. The molecule has 0 amide bonds. The zero-order valence-corrected chi connectivity index (χ0v) is 6.62.